The Balaban J connectivity index is 1.60. The van der Waals surface area contributed by atoms with Gasteiger partial charge in [0.05, 0.1) is 10.4 Å². The molecule has 0 atom stereocenters. The van der Waals surface area contributed by atoms with E-state index in [1.54, 1.807) is 25.3 Å². The Morgan fingerprint density at radius 1 is 1.21 bits per heavy atom. The van der Waals surface area contributed by atoms with Gasteiger partial charge >= 0.3 is 5.97 Å². The highest BCUT2D eigenvalue weighted by Crippen LogP contribution is 2.25. The number of hydrogen-bond acceptors (Lipinski definition) is 6. The van der Waals surface area contributed by atoms with E-state index in [0.29, 0.717) is 5.56 Å². The number of amides is 1. The normalized spacial score (nSPS) is 10.8. The Morgan fingerprint density at radius 3 is 2.79 bits per heavy atom. The van der Waals surface area contributed by atoms with E-state index < -0.39 is 23.4 Å². The molecule has 3 aromatic rings. The monoisotopic (exact) mass is 391 g/mol. The maximum absolute atomic E-state index is 12.0. The van der Waals surface area contributed by atoms with E-state index in [2.05, 4.69) is 10.3 Å². The number of pyridine rings is 1. The minimum absolute atomic E-state index is 0.0408. The highest BCUT2D eigenvalue weighted by molar-refractivity contribution is 5.97. The molecule has 1 heterocycles. The minimum Gasteiger partial charge on any atom is -0.452 e. The SMILES string of the molecule is Cc1ccc(NC(=O)COC(=O)/C=C/c2cccc3cccnc23)c([N+](=O)[O-])c1. The van der Waals surface area contributed by atoms with Crippen LogP contribution in [0.4, 0.5) is 11.4 Å². The van der Waals surface area contributed by atoms with E-state index in [0.717, 1.165) is 16.5 Å². The molecule has 0 saturated heterocycles. The number of carbonyl (C=O) groups excluding carboxylic acids is 2. The summed E-state index contributed by atoms with van der Waals surface area (Å²) in [4.78, 5) is 38.7. The lowest BCUT2D eigenvalue weighted by molar-refractivity contribution is -0.384. The van der Waals surface area contributed by atoms with Gasteiger partial charge in [0.2, 0.25) is 0 Å². The van der Waals surface area contributed by atoms with Crippen molar-refractivity contribution in [3.63, 3.8) is 0 Å². The Bertz CT molecular complexity index is 1120. The topological polar surface area (TPSA) is 111 Å². The van der Waals surface area contributed by atoms with Crippen LogP contribution in [0.5, 0.6) is 0 Å². The molecule has 0 bridgehead atoms. The zero-order chi connectivity index (χ0) is 20.8. The molecule has 8 heteroatoms. The first-order valence-corrected chi connectivity index (χ1v) is 8.67. The molecule has 0 aliphatic rings. The molecule has 146 valence electrons. The summed E-state index contributed by atoms with van der Waals surface area (Å²) in [7, 11) is 0. The number of rotatable bonds is 6. The molecule has 1 amide bonds. The smallest absolute Gasteiger partial charge is 0.331 e. The van der Waals surface area contributed by atoms with Crippen LogP contribution in [0.25, 0.3) is 17.0 Å². The van der Waals surface area contributed by atoms with Gasteiger partial charge in [-0.05, 0) is 30.7 Å². The summed E-state index contributed by atoms with van der Waals surface area (Å²) < 4.78 is 4.91. The second-order valence-corrected chi connectivity index (χ2v) is 6.19. The number of benzene rings is 2. The van der Waals surface area contributed by atoms with Crippen LogP contribution in [0.15, 0.2) is 60.8 Å². The van der Waals surface area contributed by atoms with Crippen molar-refractivity contribution in [3.8, 4) is 0 Å². The summed E-state index contributed by atoms with van der Waals surface area (Å²) in [6, 6.07) is 13.7. The van der Waals surface area contributed by atoms with Crippen molar-refractivity contribution < 1.29 is 19.2 Å². The fraction of sp³-hybridized carbons (Fsp3) is 0.0952. The van der Waals surface area contributed by atoms with Crippen LogP contribution >= 0.6 is 0 Å². The fourth-order valence-corrected chi connectivity index (χ4v) is 2.69. The molecule has 8 nitrogen and oxygen atoms in total. The third-order valence-electron chi connectivity index (χ3n) is 4.03. The molecular formula is C21H17N3O5. The number of nitro groups is 1. The number of aryl methyl sites for hydroxylation is 1. The van der Waals surface area contributed by atoms with E-state index in [1.807, 2.05) is 30.3 Å². The van der Waals surface area contributed by atoms with Gasteiger partial charge in [-0.25, -0.2) is 4.79 Å². The second-order valence-electron chi connectivity index (χ2n) is 6.19. The number of para-hydroxylation sites is 1. The van der Waals surface area contributed by atoms with Crippen molar-refractivity contribution in [1.29, 1.82) is 0 Å². The molecular weight excluding hydrogens is 374 g/mol. The number of nitrogens with one attached hydrogen (secondary N) is 1. The lowest BCUT2D eigenvalue weighted by Gasteiger charge is -2.07. The van der Waals surface area contributed by atoms with E-state index in [-0.39, 0.29) is 11.4 Å². The van der Waals surface area contributed by atoms with Gasteiger partial charge in [0.25, 0.3) is 11.6 Å². The van der Waals surface area contributed by atoms with Crippen LogP contribution in [-0.2, 0) is 14.3 Å². The number of fused-ring (bicyclic) bond motifs is 1. The van der Waals surface area contributed by atoms with Crippen LogP contribution < -0.4 is 5.32 Å². The summed E-state index contributed by atoms with van der Waals surface area (Å²) in [5.41, 5.74) is 1.98. The fourth-order valence-electron chi connectivity index (χ4n) is 2.69. The van der Waals surface area contributed by atoms with Gasteiger partial charge in [0, 0.05) is 29.3 Å². The standard InChI is InChI=1S/C21H17N3O5/c1-14-7-9-17(18(12-14)24(27)28)23-19(25)13-29-20(26)10-8-16-5-2-4-15-6-3-11-22-21(15)16/h2-12H,13H2,1H3,(H,23,25)/b10-8+. The molecule has 2 aromatic carbocycles. The molecule has 0 spiro atoms. The Morgan fingerprint density at radius 2 is 2.00 bits per heavy atom. The van der Waals surface area contributed by atoms with Gasteiger partial charge < -0.3 is 10.1 Å². The highest BCUT2D eigenvalue weighted by atomic mass is 16.6. The first-order valence-electron chi connectivity index (χ1n) is 8.67. The van der Waals surface area contributed by atoms with Gasteiger partial charge in [-0.1, -0.05) is 30.3 Å². The maximum atomic E-state index is 12.0. The van der Waals surface area contributed by atoms with Gasteiger partial charge in [0.1, 0.15) is 5.69 Å². The van der Waals surface area contributed by atoms with E-state index >= 15 is 0 Å². The Hall–Kier alpha value is -4.07. The number of anilines is 1. The quantitative estimate of drug-likeness (QED) is 0.297. The van der Waals surface area contributed by atoms with Crippen molar-refractivity contribution >= 4 is 40.2 Å². The average molecular weight is 391 g/mol. The third-order valence-corrected chi connectivity index (χ3v) is 4.03. The van der Waals surface area contributed by atoms with Gasteiger partial charge in [-0.2, -0.15) is 0 Å². The number of aromatic nitrogens is 1. The summed E-state index contributed by atoms with van der Waals surface area (Å²) in [6.45, 7) is 1.14. The number of ether oxygens (including phenoxy) is 1. The van der Waals surface area contributed by atoms with Crippen LogP contribution in [0, 0.1) is 17.0 Å². The lowest BCUT2D eigenvalue weighted by atomic mass is 10.1. The average Bonchev–Trinajstić information content (AvgIpc) is 2.71. The number of esters is 1. The summed E-state index contributed by atoms with van der Waals surface area (Å²) in [5, 5.41) is 14.4. The highest BCUT2D eigenvalue weighted by Gasteiger charge is 2.16. The predicted octanol–water partition coefficient (Wildman–Crippen LogP) is 3.65. The first kappa shape index (κ1) is 19.7. The molecule has 1 aromatic heterocycles. The maximum Gasteiger partial charge on any atom is 0.331 e. The summed E-state index contributed by atoms with van der Waals surface area (Å²) in [6.07, 6.45) is 4.41. The molecule has 0 fully saturated rings. The van der Waals surface area contributed by atoms with Crippen molar-refractivity contribution in [1.82, 2.24) is 4.98 Å². The molecule has 1 N–H and O–H groups in total. The zero-order valence-corrected chi connectivity index (χ0v) is 15.5. The molecule has 3 rings (SSSR count). The molecule has 0 unspecified atom stereocenters. The van der Waals surface area contributed by atoms with E-state index in [1.165, 1.54) is 18.2 Å². The van der Waals surface area contributed by atoms with Crippen molar-refractivity contribution in [2.45, 2.75) is 6.92 Å². The lowest BCUT2D eigenvalue weighted by Crippen LogP contribution is -2.20. The number of carbonyl (C=O) groups is 2. The number of hydrogen-bond donors (Lipinski definition) is 1. The van der Waals surface area contributed by atoms with Crippen LogP contribution in [-0.4, -0.2) is 28.4 Å². The first-order chi connectivity index (χ1) is 13.9. The predicted molar refractivity (Wildman–Crippen MR) is 108 cm³/mol. The van der Waals surface area contributed by atoms with Crippen LogP contribution in [0.2, 0.25) is 0 Å². The van der Waals surface area contributed by atoms with Crippen molar-refractivity contribution in [2.75, 3.05) is 11.9 Å². The van der Waals surface area contributed by atoms with E-state index in [9.17, 15) is 19.7 Å². The Labute approximate surface area is 166 Å². The van der Waals surface area contributed by atoms with Gasteiger partial charge in [0.15, 0.2) is 6.61 Å². The van der Waals surface area contributed by atoms with E-state index in [4.69, 9.17) is 4.74 Å². The zero-order valence-electron chi connectivity index (χ0n) is 15.5. The minimum atomic E-state index is -0.716. The van der Waals surface area contributed by atoms with Crippen LogP contribution in [0.1, 0.15) is 11.1 Å². The molecule has 0 aliphatic carbocycles. The second kappa shape index (κ2) is 8.75. The third kappa shape index (κ3) is 5.01. The number of nitro benzene ring substituents is 1. The molecule has 0 saturated carbocycles. The van der Waals surface area contributed by atoms with Crippen molar-refractivity contribution in [2.24, 2.45) is 0 Å². The Kier molecular flexibility index (Phi) is 5.94. The molecule has 0 radical (unpaired) electrons. The van der Waals surface area contributed by atoms with Gasteiger partial charge in [-0.15, -0.1) is 0 Å². The van der Waals surface area contributed by atoms with Crippen LogP contribution in [0.3, 0.4) is 0 Å². The molecule has 29 heavy (non-hydrogen) atoms. The summed E-state index contributed by atoms with van der Waals surface area (Å²) >= 11 is 0. The van der Waals surface area contributed by atoms with Crippen molar-refractivity contribution in [3.05, 3.63) is 82.0 Å². The van der Waals surface area contributed by atoms with Gasteiger partial charge in [-0.3, -0.25) is 19.9 Å². The molecule has 0 aliphatic heterocycles. The number of nitrogens with zero attached hydrogens (tertiary/aromatic N) is 2. The summed E-state index contributed by atoms with van der Waals surface area (Å²) in [5.74, 6) is -1.39. The largest absolute Gasteiger partial charge is 0.452 e.